The van der Waals surface area contributed by atoms with Gasteiger partial charge in [-0.2, -0.15) is 0 Å². The van der Waals surface area contributed by atoms with Crippen LogP contribution in [0.1, 0.15) is 43.6 Å². The average Bonchev–Trinajstić information content (AvgIpc) is 3.52. The van der Waals surface area contributed by atoms with Crippen molar-refractivity contribution in [1.29, 1.82) is 0 Å². The van der Waals surface area contributed by atoms with Gasteiger partial charge in [0.05, 0.1) is 42.4 Å². The highest BCUT2D eigenvalue weighted by atomic mass is 16.3. The Hall–Kier alpha value is -4.00. The van der Waals surface area contributed by atoms with Gasteiger partial charge in [0.25, 0.3) is 11.8 Å². The second-order valence-corrected chi connectivity index (χ2v) is 7.21. The Bertz CT molecular complexity index is 1190. The molecule has 0 aliphatic rings. The lowest BCUT2D eigenvalue weighted by atomic mass is 10.1. The molecule has 0 fully saturated rings. The van der Waals surface area contributed by atoms with E-state index in [4.69, 9.17) is 8.83 Å². The van der Waals surface area contributed by atoms with Crippen molar-refractivity contribution in [2.45, 2.75) is 26.9 Å². The van der Waals surface area contributed by atoms with Crippen LogP contribution < -0.4 is 10.6 Å². The van der Waals surface area contributed by atoms with Gasteiger partial charge in [-0.25, -0.2) is 0 Å². The van der Waals surface area contributed by atoms with Crippen molar-refractivity contribution in [3.05, 3.63) is 101 Å². The number of nitrogens with one attached hydrogen (secondary N) is 2. The number of aromatic nitrogens is 1. The van der Waals surface area contributed by atoms with Crippen LogP contribution in [0.3, 0.4) is 0 Å². The minimum atomic E-state index is -0.296. The molecule has 1 aromatic carbocycles. The smallest absolute Gasteiger partial charge is 0.257 e. The first kappa shape index (κ1) is 20.3. The number of hydrogen-bond acceptors (Lipinski definition) is 4. The zero-order chi connectivity index (χ0) is 21.8. The third kappa shape index (κ3) is 4.45. The molecule has 7 nitrogen and oxygen atoms in total. The highest BCUT2D eigenvalue weighted by Gasteiger charge is 2.19. The van der Waals surface area contributed by atoms with Crippen LogP contribution in [0.15, 0.2) is 76.0 Å². The quantitative estimate of drug-likeness (QED) is 0.463. The Balaban J connectivity index is 1.51. The molecular formula is C24H23N3O4. The van der Waals surface area contributed by atoms with Gasteiger partial charge in [0, 0.05) is 11.4 Å². The standard InChI is InChI=1S/C24H23N3O4/c1-16-13-21(17(2)27(16)15-19-8-6-12-31-19)24(29)26-22-10-4-3-9-20(22)23(28)25-14-18-7-5-11-30-18/h3-13H,14-15H2,1-2H3,(H,25,28)(H,26,29). The first-order valence-electron chi connectivity index (χ1n) is 9.93. The van der Waals surface area contributed by atoms with Crippen molar-refractivity contribution < 1.29 is 18.4 Å². The molecule has 0 unspecified atom stereocenters. The largest absolute Gasteiger partial charge is 0.467 e. The minimum Gasteiger partial charge on any atom is -0.467 e. The number of amides is 2. The molecule has 2 amide bonds. The predicted molar refractivity (Wildman–Crippen MR) is 116 cm³/mol. The molecule has 7 heteroatoms. The van der Waals surface area contributed by atoms with Gasteiger partial charge in [0.1, 0.15) is 11.5 Å². The first-order chi connectivity index (χ1) is 15.0. The second kappa shape index (κ2) is 8.79. The Morgan fingerprint density at radius 1 is 0.871 bits per heavy atom. The van der Waals surface area contributed by atoms with Crippen molar-refractivity contribution in [3.63, 3.8) is 0 Å². The number of carbonyl (C=O) groups is 2. The van der Waals surface area contributed by atoms with Gasteiger partial charge in [-0.15, -0.1) is 0 Å². The van der Waals surface area contributed by atoms with Crippen LogP contribution in [0.25, 0.3) is 0 Å². The zero-order valence-corrected chi connectivity index (χ0v) is 17.3. The lowest BCUT2D eigenvalue weighted by molar-refractivity contribution is 0.0949. The molecule has 3 heterocycles. The van der Waals surface area contributed by atoms with E-state index in [1.54, 1.807) is 48.9 Å². The molecule has 0 bridgehead atoms. The summed E-state index contributed by atoms with van der Waals surface area (Å²) in [5.74, 6) is 0.895. The number of aryl methyl sites for hydroxylation is 1. The van der Waals surface area contributed by atoms with Crippen molar-refractivity contribution in [2.75, 3.05) is 5.32 Å². The van der Waals surface area contributed by atoms with E-state index in [1.165, 1.54) is 0 Å². The van der Waals surface area contributed by atoms with Crippen LogP contribution in [0.2, 0.25) is 0 Å². The number of anilines is 1. The van der Waals surface area contributed by atoms with Crippen LogP contribution >= 0.6 is 0 Å². The summed E-state index contributed by atoms with van der Waals surface area (Å²) in [4.78, 5) is 25.7. The molecule has 3 aromatic heterocycles. The third-order valence-corrected chi connectivity index (χ3v) is 5.14. The summed E-state index contributed by atoms with van der Waals surface area (Å²) in [7, 11) is 0. The number of nitrogens with zero attached hydrogens (tertiary/aromatic N) is 1. The molecule has 0 saturated carbocycles. The number of benzene rings is 1. The molecule has 4 rings (SSSR count). The highest BCUT2D eigenvalue weighted by Crippen LogP contribution is 2.21. The van der Waals surface area contributed by atoms with Crippen molar-refractivity contribution >= 4 is 17.5 Å². The molecule has 0 saturated heterocycles. The van der Waals surface area contributed by atoms with E-state index in [-0.39, 0.29) is 18.4 Å². The fraction of sp³-hybridized carbons (Fsp3) is 0.167. The van der Waals surface area contributed by atoms with Gasteiger partial charge >= 0.3 is 0 Å². The molecule has 4 aromatic rings. The van der Waals surface area contributed by atoms with E-state index in [2.05, 4.69) is 10.6 Å². The summed E-state index contributed by atoms with van der Waals surface area (Å²) in [6.07, 6.45) is 3.18. The fourth-order valence-electron chi connectivity index (χ4n) is 3.49. The fourth-order valence-corrected chi connectivity index (χ4v) is 3.49. The van der Waals surface area contributed by atoms with Gasteiger partial charge in [-0.1, -0.05) is 12.1 Å². The molecule has 2 N–H and O–H groups in total. The SMILES string of the molecule is Cc1cc(C(=O)Nc2ccccc2C(=O)NCc2ccco2)c(C)n1Cc1ccco1. The van der Waals surface area contributed by atoms with E-state index in [9.17, 15) is 9.59 Å². The van der Waals surface area contributed by atoms with Gasteiger partial charge in [0.2, 0.25) is 0 Å². The number of rotatable bonds is 7. The van der Waals surface area contributed by atoms with Crippen LogP contribution in [-0.4, -0.2) is 16.4 Å². The average molecular weight is 417 g/mol. The lowest BCUT2D eigenvalue weighted by Crippen LogP contribution is -2.24. The Morgan fingerprint density at radius 3 is 2.29 bits per heavy atom. The normalized spacial score (nSPS) is 10.8. The number of carbonyl (C=O) groups excluding carboxylic acids is 2. The Morgan fingerprint density at radius 2 is 1.58 bits per heavy atom. The van der Waals surface area contributed by atoms with Gasteiger partial charge < -0.3 is 24.0 Å². The lowest BCUT2D eigenvalue weighted by Gasteiger charge is -2.12. The summed E-state index contributed by atoms with van der Waals surface area (Å²) in [6, 6.07) is 16.0. The molecular weight excluding hydrogens is 394 g/mol. The second-order valence-electron chi connectivity index (χ2n) is 7.21. The molecule has 0 atom stereocenters. The topological polar surface area (TPSA) is 89.4 Å². The summed E-state index contributed by atoms with van der Waals surface area (Å²) < 4.78 is 12.7. The summed E-state index contributed by atoms with van der Waals surface area (Å²) in [5.41, 5.74) is 3.15. The monoisotopic (exact) mass is 417 g/mol. The maximum Gasteiger partial charge on any atom is 0.257 e. The van der Waals surface area contributed by atoms with Crippen LogP contribution in [0, 0.1) is 13.8 Å². The summed E-state index contributed by atoms with van der Waals surface area (Å²) in [6.45, 7) is 4.65. The van der Waals surface area contributed by atoms with E-state index < -0.39 is 0 Å². The van der Waals surface area contributed by atoms with Crippen LogP contribution in [0.5, 0.6) is 0 Å². The van der Waals surface area contributed by atoms with Crippen LogP contribution in [-0.2, 0) is 13.1 Å². The zero-order valence-electron chi connectivity index (χ0n) is 17.3. The maximum atomic E-state index is 13.0. The van der Waals surface area contributed by atoms with Gasteiger partial charge in [-0.05, 0) is 56.3 Å². The summed E-state index contributed by atoms with van der Waals surface area (Å²) >= 11 is 0. The number of furan rings is 2. The predicted octanol–water partition coefficient (Wildman–Crippen LogP) is 4.52. The maximum absolute atomic E-state index is 13.0. The highest BCUT2D eigenvalue weighted by molar-refractivity contribution is 6.09. The molecule has 158 valence electrons. The minimum absolute atomic E-state index is 0.266. The summed E-state index contributed by atoms with van der Waals surface area (Å²) in [5, 5.41) is 5.69. The van der Waals surface area contributed by atoms with Crippen LogP contribution in [0.4, 0.5) is 5.69 Å². The van der Waals surface area contributed by atoms with E-state index in [0.29, 0.717) is 29.1 Å². The third-order valence-electron chi connectivity index (χ3n) is 5.14. The van der Waals surface area contributed by atoms with Crippen molar-refractivity contribution in [1.82, 2.24) is 9.88 Å². The molecule has 0 spiro atoms. The number of para-hydroxylation sites is 1. The number of hydrogen-bond donors (Lipinski definition) is 2. The van der Waals surface area contributed by atoms with E-state index >= 15 is 0 Å². The van der Waals surface area contributed by atoms with E-state index in [1.807, 2.05) is 36.6 Å². The van der Waals surface area contributed by atoms with Gasteiger partial charge in [0.15, 0.2) is 0 Å². The van der Waals surface area contributed by atoms with Crippen molar-refractivity contribution in [3.8, 4) is 0 Å². The first-order valence-corrected chi connectivity index (χ1v) is 9.93. The van der Waals surface area contributed by atoms with E-state index in [0.717, 1.165) is 17.1 Å². The van der Waals surface area contributed by atoms with Gasteiger partial charge in [-0.3, -0.25) is 9.59 Å². The molecule has 31 heavy (non-hydrogen) atoms. The Labute approximate surface area is 179 Å². The molecule has 0 radical (unpaired) electrons. The van der Waals surface area contributed by atoms with Crippen molar-refractivity contribution in [2.24, 2.45) is 0 Å². The Kier molecular flexibility index (Phi) is 5.75. The molecule has 0 aliphatic carbocycles. The molecule has 0 aliphatic heterocycles.